The lowest BCUT2D eigenvalue weighted by molar-refractivity contribution is 0.422. The van der Waals surface area contributed by atoms with E-state index in [1.54, 1.807) is 0 Å². The molecule has 0 bridgehead atoms. The fourth-order valence-corrected chi connectivity index (χ4v) is 3.02. The first-order chi connectivity index (χ1) is 10.5. The van der Waals surface area contributed by atoms with Crippen LogP contribution in [0.5, 0.6) is 5.75 Å². The van der Waals surface area contributed by atoms with E-state index in [1.165, 1.54) is 24.8 Å². The topological polar surface area (TPSA) is 46.2 Å². The van der Waals surface area contributed by atoms with Crippen LogP contribution in [0.3, 0.4) is 0 Å². The number of phenolic OH excluding ortho intramolecular Hbond substituents is 1. The molecule has 2 nitrogen and oxygen atoms in total. The largest absolute Gasteiger partial charge is 0.507 e. The lowest BCUT2D eigenvalue weighted by atomic mass is 9.78. The molecule has 0 amide bonds. The number of hydrogen-bond acceptors (Lipinski definition) is 2. The van der Waals surface area contributed by atoms with Crippen molar-refractivity contribution >= 4 is 0 Å². The smallest absolute Gasteiger partial charge is 0.123 e. The molecule has 1 unspecified atom stereocenters. The van der Waals surface area contributed by atoms with E-state index in [-0.39, 0.29) is 16.9 Å². The number of aromatic hydroxyl groups is 1. The van der Waals surface area contributed by atoms with Gasteiger partial charge in [0.15, 0.2) is 0 Å². The molecule has 0 fully saturated rings. The summed E-state index contributed by atoms with van der Waals surface area (Å²) in [6, 6.07) is 4.51. The lowest BCUT2D eigenvalue weighted by Gasteiger charge is -2.28. The summed E-state index contributed by atoms with van der Waals surface area (Å²) in [6.07, 6.45) is 5.65. The van der Waals surface area contributed by atoms with Gasteiger partial charge in [0, 0.05) is 6.04 Å². The molecule has 1 rings (SSSR count). The van der Waals surface area contributed by atoms with Gasteiger partial charge in [0.05, 0.1) is 0 Å². The van der Waals surface area contributed by atoms with Gasteiger partial charge in [-0.1, -0.05) is 79.9 Å². The molecule has 0 spiro atoms. The molecule has 0 aromatic heterocycles. The lowest BCUT2D eigenvalue weighted by Crippen LogP contribution is -2.24. The monoisotopic (exact) mass is 319 g/mol. The van der Waals surface area contributed by atoms with Gasteiger partial charge in [-0.2, -0.15) is 0 Å². The molecular weight excluding hydrogens is 282 g/mol. The minimum Gasteiger partial charge on any atom is -0.507 e. The predicted molar refractivity (Wildman–Crippen MR) is 101 cm³/mol. The third-order valence-electron chi connectivity index (χ3n) is 4.46. The summed E-state index contributed by atoms with van der Waals surface area (Å²) < 4.78 is 0. The Morgan fingerprint density at radius 2 is 1.43 bits per heavy atom. The number of unbranched alkanes of at least 4 members (excludes halogenated alkanes) is 2. The van der Waals surface area contributed by atoms with E-state index in [2.05, 4.69) is 60.6 Å². The molecule has 0 radical (unpaired) electrons. The van der Waals surface area contributed by atoms with Crippen LogP contribution in [-0.4, -0.2) is 11.1 Å². The van der Waals surface area contributed by atoms with Crippen LogP contribution in [0.4, 0.5) is 0 Å². The van der Waals surface area contributed by atoms with Gasteiger partial charge in [0.2, 0.25) is 0 Å². The van der Waals surface area contributed by atoms with Crippen LogP contribution in [0.2, 0.25) is 0 Å². The van der Waals surface area contributed by atoms with Crippen molar-refractivity contribution in [3.63, 3.8) is 0 Å². The van der Waals surface area contributed by atoms with Gasteiger partial charge in [-0.05, 0) is 40.4 Å². The van der Waals surface area contributed by atoms with Gasteiger partial charge in [0.1, 0.15) is 5.75 Å². The Hall–Kier alpha value is -1.02. The molecule has 0 aliphatic heterocycles. The summed E-state index contributed by atoms with van der Waals surface area (Å²) in [7, 11) is 0. The summed E-state index contributed by atoms with van der Waals surface area (Å²) >= 11 is 0. The normalized spacial score (nSPS) is 14.1. The molecule has 0 saturated heterocycles. The first-order valence-electron chi connectivity index (χ1n) is 9.09. The predicted octanol–water partition coefficient (Wildman–Crippen LogP) is 5.44. The number of hydrogen-bond donors (Lipinski definition) is 2. The highest BCUT2D eigenvalue weighted by molar-refractivity contribution is 5.50. The average molecular weight is 320 g/mol. The maximum Gasteiger partial charge on any atom is 0.123 e. The summed E-state index contributed by atoms with van der Waals surface area (Å²) in [4.78, 5) is 0. The zero-order chi connectivity index (χ0) is 17.8. The second-order valence-corrected chi connectivity index (χ2v) is 9.00. The molecule has 23 heavy (non-hydrogen) atoms. The van der Waals surface area contributed by atoms with Gasteiger partial charge in [0.25, 0.3) is 0 Å². The van der Waals surface area contributed by atoms with Crippen LogP contribution in [0.15, 0.2) is 12.1 Å². The Balaban J connectivity index is 3.13. The Kier molecular flexibility index (Phi) is 6.70. The Morgan fingerprint density at radius 1 is 0.957 bits per heavy atom. The van der Waals surface area contributed by atoms with Gasteiger partial charge in [-0.3, -0.25) is 0 Å². The molecule has 1 aromatic rings. The Morgan fingerprint density at radius 3 is 1.83 bits per heavy atom. The number of benzene rings is 1. The second kappa shape index (κ2) is 7.70. The van der Waals surface area contributed by atoms with E-state index >= 15 is 0 Å². The number of phenols is 1. The van der Waals surface area contributed by atoms with Crippen molar-refractivity contribution in [3.8, 4) is 5.75 Å². The first-order valence-corrected chi connectivity index (χ1v) is 9.09. The molecule has 1 atom stereocenters. The van der Waals surface area contributed by atoms with Gasteiger partial charge < -0.3 is 10.8 Å². The van der Waals surface area contributed by atoms with E-state index in [4.69, 9.17) is 5.73 Å². The van der Waals surface area contributed by atoms with Crippen molar-refractivity contribution in [2.24, 2.45) is 5.73 Å². The molecule has 0 aliphatic carbocycles. The first kappa shape index (κ1) is 20.0. The van der Waals surface area contributed by atoms with Crippen molar-refractivity contribution in [2.45, 2.75) is 97.4 Å². The van der Waals surface area contributed by atoms with E-state index in [9.17, 15) is 5.11 Å². The van der Waals surface area contributed by atoms with Gasteiger partial charge in [-0.15, -0.1) is 0 Å². The third kappa shape index (κ3) is 5.84. The van der Waals surface area contributed by atoms with Crippen LogP contribution in [0.25, 0.3) is 0 Å². The van der Waals surface area contributed by atoms with Crippen LogP contribution in [-0.2, 0) is 17.3 Å². The minimum absolute atomic E-state index is 0.0770. The molecule has 0 saturated carbocycles. The summed E-state index contributed by atoms with van der Waals surface area (Å²) in [5.74, 6) is 0.452. The summed E-state index contributed by atoms with van der Waals surface area (Å²) in [5, 5.41) is 10.8. The minimum atomic E-state index is -0.0770. The maximum atomic E-state index is 10.8. The van der Waals surface area contributed by atoms with E-state index < -0.39 is 0 Å². The van der Waals surface area contributed by atoms with Crippen molar-refractivity contribution in [1.29, 1.82) is 0 Å². The zero-order valence-corrected chi connectivity index (χ0v) is 16.3. The Labute approximate surface area is 143 Å². The number of nitrogens with two attached hydrogens (primary N) is 1. The number of rotatable bonds is 6. The second-order valence-electron chi connectivity index (χ2n) is 9.00. The molecular formula is C21H37NO. The van der Waals surface area contributed by atoms with Crippen LogP contribution >= 0.6 is 0 Å². The fraction of sp³-hybridized carbons (Fsp3) is 0.714. The van der Waals surface area contributed by atoms with E-state index in [1.807, 2.05) is 0 Å². The van der Waals surface area contributed by atoms with Crippen molar-refractivity contribution in [3.05, 3.63) is 28.8 Å². The van der Waals surface area contributed by atoms with Crippen LogP contribution < -0.4 is 5.73 Å². The highest BCUT2D eigenvalue weighted by Gasteiger charge is 2.26. The van der Waals surface area contributed by atoms with Gasteiger partial charge >= 0.3 is 0 Å². The highest BCUT2D eigenvalue weighted by atomic mass is 16.3. The molecule has 1 aromatic carbocycles. The van der Waals surface area contributed by atoms with Crippen molar-refractivity contribution in [1.82, 2.24) is 0 Å². The Bertz CT molecular complexity index is 471. The van der Waals surface area contributed by atoms with Crippen LogP contribution in [0, 0.1) is 0 Å². The summed E-state index contributed by atoms with van der Waals surface area (Å²) in [6.45, 7) is 15.1. The third-order valence-corrected chi connectivity index (χ3v) is 4.46. The highest BCUT2D eigenvalue weighted by Crippen LogP contribution is 2.40. The maximum absolute atomic E-state index is 10.8. The zero-order valence-electron chi connectivity index (χ0n) is 16.3. The van der Waals surface area contributed by atoms with Crippen molar-refractivity contribution < 1.29 is 5.11 Å². The molecule has 2 heteroatoms. The SMILES string of the molecule is CCCCCC(N)Cc1cc(C(C)(C)C)c(O)c(C(C)(C)C)c1. The molecule has 3 N–H and O–H groups in total. The van der Waals surface area contributed by atoms with E-state index in [0.29, 0.717) is 5.75 Å². The standard InChI is InChI=1S/C21H37NO/c1-8-9-10-11-16(22)12-15-13-17(20(2,3)4)19(23)18(14-15)21(5,6)7/h13-14,16,23H,8-12,22H2,1-7H3. The van der Waals surface area contributed by atoms with Crippen LogP contribution in [0.1, 0.15) is 90.8 Å². The molecule has 0 aliphatic rings. The van der Waals surface area contributed by atoms with Crippen molar-refractivity contribution in [2.75, 3.05) is 0 Å². The van der Waals surface area contributed by atoms with Gasteiger partial charge in [-0.25, -0.2) is 0 Å². The molecule has 132 valence electrons. The fourth-order valence-electron chi connectivity index (χ4n) is 3.02. The quantitative estimate of drug-likeness (QED) is 0.686. The van der Waals surface area contributed by atoms with E-state index in [0.717, 1.165) is 24.0 Å². The molecule has 0 heterocycles. The average Bonchev–Trinajstić information content (AvgIpc) is 2.38. The summed E-state index contributed by atoms with van der Waals surface area (Å²) in [5.41, 5.74) is 9.49.